The summed E-state index contributed by atoms with van der Waals surface area (Å²) in [5.74, 6) is -2.14. The molecular formula is C79H150O17P2. The Morgan fingerprint density at radius 1 is 0.276 bits per heavy atom. The number of esters is 4. The van der Waals surface area contributed by atoms with Crippen molar-refractivity contribution in [1.82, 2.24) is 0 Å². The first-order valence-electron chi connectivity index (χ1n) is 40.6. The third kappa shape index (κ3) is 71.9. The quantitative estimate of drug-likeness (QED) is 0.0169. The van der Waals surface area contributed by atoms with E-state index in [0.29, 0.717) is 25.7 Å². The number of hydrogen-bond acceptors (Lipinski definition) is 15. The van der Waals surface area contributed by atoms with Gasteiger partial charge in [0.2, 0.25) is 0 Å². The Morgan fingerprint density at radius 3 is 0.704 bits per heavy atom. The third-order valence-electron chi connectivity index (χ3n) is 17.9. The van der Waals surface area contributed by atoms with Gasteiger partial charge in [0.15, 0.2) is 12.2 Å². The van der Waals surface area contributed by atoms with Gasteiger partial charge in [-0.3, -0.25) is 37.3 Å². The van der Waals surface area contributed by atoms with Gasteiger partial charge in [0.05, 0.1) is 26.4 Å². The van der Waals surface area contributed by atoms with E-state index in [0.717, 1.165) is 122 Å². The van der Waals surface area contributed by atoms with E-state index in [4.69, 9.17) is 37.0 Å². The molecule has 0 amide bonds. The summed E-state index contributed by atoms with van der Waals surface area (Å²) in [6.45, 7) is 4.96. The lowest BCUT2D eigenvalue weighted by Crippen LogP contribution is -2.30. The van der Waals surface area contributed by atoms with Crippen LogP contribution in [0.15, 0.2) is 24.3 Å². The maximum Gasteiger partial charge on any atom is 0.472 e. The number of aliphatic hydroxyl groups is 1. The number of aliphatic hydroxyl groups excluding tert-OH is 1. The smallest absolute Gasteiger partial charge is 0.462 e. The number of hydrogen-bond donors (Lipinski definition) is 3. The van der Waals surface area contributed by atoms with Gasteiger partial charge in [0, 0.05) is 25.7 Å². The molecule has 5 unspecified atom stereocenters. The summed E-state index contributed by atoms with van der Waals surface area (Å²) in [5.41, 5.74) is 0. The zero-order valence-electron chi connectivity index (χ0n) is 63.2. The van der Waals surface area contributed by atoms with Crippen LogP contribution in [0.1, 0.15) is 400 Å². The Labute approximate surface area is 599 Å². The zero-order chi connectivity index (χ0) is 71.8. The van der Waals surface area contributed by atoms with E-state index in [1.807, 2.05) is 0 Å². The maximum absolute atomic E-state index is 13.1. The van der Waals surface area contributed by atoms with E-state index in [-0.39, 0.29) is 25.7 Å². The summed E-state index contributed by atoms with van der Waals surface area (Å²) in [6, 6.07) is 0. The molecule has 0 aromatic rings. The summed E-state index contributed by atoms with van der Waals surface area (Å²) in [4.78, 5) is 73.0. The molecule has 3 N–H and O–H groups in total. The van der Waals surface area contributed by atoms with Gasteiger partial charge in [-0.2, -0.15) is 0 Å². The molecule has 17 nitrogen and oxygen atoms in total. The van der Waals surface area contributed by atoms with Crippen LogP contribution in [0.2, 0.25) is 0 Å². The molecule has 98 heavy (non-hydrogen) atoms. The van der Waals surface area contributed by atoms with Crippen LogP contribution in [0, 0.1) is 0 Å². The lowest BCUT2D eigenvalue weighted by molar-refractivity contribution is -0.161. The first-order chi connectivity index (χ1) is 47.7. The average molecular weight is 1430 g/mol. The Kier molecular flexibility index (Phi) is 71.0. The Hall–Kier alpha value is -2.46. The van der Waals surface area contributed by atoms with Crippen LogP contribution in [0.3, 0.4) is 0 Å². The van der Waals surface area contributed by atoms with E-state index >= 15 is 0 Å². The number of phosphoric ester groups is 2. The number of phosphoric acid groups is 2. The molecule has 0 aliphatic heterocycles. The van der Waals surface area contributed by atoms with Crippen molar-refractivity contribution in [3.63, 3.8) is 0 Å². The highest BCUT2D eigenvalue weighted by Gasteiger charge is 2.30. The van der Waals surface area contributed by atoms with Crippen molar-refractivity contribution in [2.75, 3.05) is 39.6 Å². The largest absolute Gasteiger partial charge is 0.472 e. The molecule has 0 bridgehead atoms. The molecule has 0 saturated carbocycles. The predicted octanol–water partition coefficient (Wildman–Crippen LogP) is 23.3. The topological polar surface area (TPSA) is 237 Å². The van der Waals surface area contributed by atoms with Gasteiger partial charge in [-0.1, -0.05) is 322 Å². The van der Waals surface area contributed by atoms with E-state index < -0.39 is 97.5 Å². The fourth-order valence-corrected chi connectivity index (χ4v) is 13.3. The van der Waals surface area contributed by atoms with Gasteiger partial charge in [0.25, 0.3) is 0 Å². The van der Waals surface area contributed by atoms with E-state index in [2.05, 4.69) is 52.0 Å². The number of carbonyl (C=O) groups excluding carboxylic acids is 4. The van der Waals surface area contributed by atoms with Crippen LogP contribution in [-0.4, -0.2) is 96.7 Å². The van der Waals surface area contributed by atoms with Crippen LogP contribution in [0.4, 0.5) is 0 Å². The molecule has 0 rings (SSSR count). The van der Waals surface area contributed by atoms with Crippen LogP contribution in [0.5, 0.6) is 0 Å². The van der Waals surface area contributed by atoms with Gasteiger partial charge < -0.3 is 33.8 Å². The Morgan fingerprint density at radius 2 is 0.469 bits per heavy atom. The minimum Gasteiger partial charge on any atom is -0.462 e. The highest BCUT2D eigenvalue weighted by atomic mass is 31.2. The number of rotatable bonds is 78. The Bertz CT molecular complexity index is 1950. The van der Waals surface area contributed by atoms with Crippen molar-refractivity contribution in [2.45, 2.75) is 418 Å². The van der Waals surface area contributed by atoms with Gasteiger partial charge in [-0.15, -0.1) is 0 Å². The Balaban J connectivity index is 5.30. The van der Waals surface area contributed by atoms with Crippen LogP contribution in [0.25, 0.3) is 0 Å². The normalized spacial score (nSPS) is 14.0. The number of ether oxygens (including phenoxy) is 4. The molecule has 19 heteroatoms. The molecule has 0 saturated heterocycles. The zero-order valence-corrected chi connectivity index (χ0v) is 65.0. The molecule has 0 fully saturated rings. The monoisotopic (exact) mass is 1430 g/mol. The highest BCUT2D eigenvalue weighted by Crippen LogP contribution is 2.45. The second kappa shape index (κ2) is 72.9. The molecule has 0 radical (unpaired) electrons. The SMILES string of the molecule is CCCCCCCC/C=C\CCCCCCCC(=O)OCC(COP(=O)(O)OCC(O)COP(=O)(O)OCC(COC(=O)CCCCCCCCCCCCCCCCC)OC(=O)CCCCCCCCCCCCCCC)OC(=O)CCCCCCC/C=C\CCCCCCCC. The van der Waals surface area contributed by atoms with Gasteiger partial charge in [-0.05, 0) is 77.0 Å². The van der Waals surface area contributed by atoms with Gasteiger partial charge in [0.1, 0.15) is 19.3 Å². The van der Waals surface area contributed by atoms with Crippen LogP contribution in [-0.2, 0) is 65.4 Å². The molecule has 0 aromatic carbocycles. The third-order valence-corrected chi connectivity index (χ3v) is 19.8. The van der Waals surface area contributed by atoms with Gasteiger partial charge >= 0.3 is 39.5 Å². The van der Waals surface area contributed by atoms with Crippen molar-refractivity contribution in [3.8, 4) is 0 Å². The van der Waals surface area contributed by atoms with Crippen LogP contribution >= 0.6 is 15.6 Å². The van der Waals surface area contributed by atoms with Crippen molar-refractivity contribution in [1.29, 1.82) is 0 Å². The first-order valence-corrected chi connectivity index (χ1v) is 43.6. The molecule has 578 valence electrons. The second-order valence-electron chi connectivity index (χ2n) is 27.7. The minimum absolute atomic E-state index is 0.0911. The number of allylic oxidation sites excluding steroid dienone is 4. The predicted molar refractivity (Wildman–Crippen MR) is 400 cm³/mol. The van der Waals surface area contributed by atoms with E-state index in [9.17, 15) is 43.2 Å². The summed E-state index contributed by atoms with van der Waals surface area (Å²) in [5, 5.41) is 10.6. The summed E-state index contributed by atoms with van der Waals surface area (Å²) in [6.07, 6.45) is 67.2. The summed E-state index contributed by atoms with van der Waals surface area (Å²) >= 11 is 0. The van der Waals surface area contributed by atoms with Crippen molar-refractivity contribution in [3.05, 3.63) is 24.3 Å². The van der Waals surface area contributed by atoms with Crippen molar-refractivity contribution in [2.24, 2.45) is 0 Å². The highest BCUT2D eigenvalue weighted by molar-refractivity contribution is 7.47. The van der Waals surface area contributed by atoms with Crippen molar-refractivity contribution < 1.29 is 80.2 Å². The van der Waals surface area contributed by atoms with E-state index in [1.165, 1.54) is 199 Å². The standard InChI is InChI=1S/C79H150O17P2/c1-5-9-13-17-21-25-29-33-36-40-43-47-51-55-59-63-76(81)89-69-74(95-78(83)65-61-57-53-49-45-39-32-28-24-20-16-12-8-4)71-93-97(85,86)91-67-73(80)68-92-98(87,88)94-72-75(96-79(84)66-62-58-54-50-46-42-38-35-31-27-23-19-15-11-7-3)70-90-77(82)64-60-56-52-48-44-41-37-34-30-26-22-18-14-10-6-2/h34-35,37-38,73-75,80H,5-33,36,39-72H2,1-4H3,(H,85,86)(H,87,88)/b37-34-,38-35-. The van der Waals surface area contributed by atoms with Crippen LogP contribution < -0.4 is 0 Å². The second-order valence-corrected chi connectivity index (χ2v) is 30.6. The molecular weight excluding hydrogens is 1280 g/mol. The van der Waals surface area contributed by atoms with E-state index in [1.54, 1.807) is 0 Å². The molecule has 0 aliphatic carbocycles. The molecule has 0 heterocycles. The fourth-order valence-electron chi connectivity index (χ4n) is 11.7. The minimum atomic E-state index is -4.97. The summed E-state index contributed by atoms with van der Waals surface area (Å²) in [7, 11) is -9.93. The average Bonchev–Trinajstić information content (AvgIpc) is 1.04. The first kappa shape index (κ1) is 95.5. The molecule has 0 aromatic heterocycles. The molecule has 0 aliphatic rings. The van der Waals surface area contributed by atoms with Gasteiger partial charge in [-0.25, -0.2) is 9.13 Å². The number of unbranched alkanes of at least 4 members (excludes halogenated alkanes) is 48. The van der Waals surface area contributed by atoms with Crippen molar-refractivity contribution >= 4 is 39.5 Å². The molecule has 5 atom stereocenters. The number of carbonyl (C=O) groups is 4. The summed E-state index contributed by atoms with van der Waals surface area (Å²) < 4.78 is 68.6. The maximum atomic E-state index is 13.1. The fraction of sp³-hybridized carbons (Fsp3) is 0.899. The lowest BCUT2D eigenvalue weighted by Gasteiger charge is -2.21. The lowest BCUT2D eigenvalue weighted by atomic mass is 10.0. The molecule has 0 spiro atoms.